The maximum absolute atomic E-state index is 13.5. The summed E-state index contributed by atoms with van der Waals surface area (Å²) in [4.78, 5) is 22.9. The van der Waals surface area contributed by atoms with Gasteiger partial charge in [-0.15, -0.1) is 0 Å². The molecule has 0 radical (unpaired) electrons. The number of hydrogen-bond acceptors (Lipinski definition) is 4. The van der Waals surface area contributed by atoms with Crippen LogP contribution in [0.2, 0.25) is 0 Å². The Morgan fingerprint density at radius 1 is 1.29 bits per heavy atom. The first-order valence-corrected chi connectivity index (χ1v) is 8.85. The van der Waals surface area contributed by atoms with Gasteiger partial charge in [0.2, 0.25) is 5.82 Å². The normalized spacial score (nSPS) is 13.4. The average molecular weight is 380 g/mol. The van der Waals surface area contributed by atoms with Crippen molar-refractivity contribution in [3.05, 3.63) is 81.4 Å². The van der Waals surface area contributed by atoms with Crippen LogP contribution in [0.3, 0.4) is 0 Å². The van der Waals surface area contributed by atoms with Gasteiger partial charge in [-0.2, -0.15) is 9.49 Å². The van der Waals surface area contributed by atoms with Crippen LogP contribution in [-0.2, 0) is 0 Å². The summed E-state index contributed by atoms with van der Waals surface area (Å²) in [6.45, 7) is 1.98. The molecule has 0 unspecified atom stereocenters. The summed E-state index contributed by atoms with van der Waals surface area (Å²) >= 11 is 0. The SMILES string of the molecule is Cc1ccccc1-n1ncc(C(=O)Nc2ccc(F)c([N+](=O)[O-])c2)c1C1CC1. The third-order valence-corrected chi connectivity index (χ3v) is 4.76. The molecule has 0 bridgehead atoms. The molecule has 0 aliphatic heterocycles. The van der Waals surface area contributed by atoms with Gasteiger partial charge in [0.1, 0.15) is 0 Å². The topological polar surface area (TPSA) is 90.1 Å². The van der Waals surface area contributed by atoms with Gasteiger partial charge < -0.3 is 5.32 Å². The van der Waals surface area contributed by atoms with E-state index in [1.807, 2.05) is 31.2 Å². The van der Waals surface area contributed by atoms with Gasteiger partial charge in [-0.25, -0.2) is 4.68 Å². The van der Waals surface area contributed by atoms with Gasteiger partial charge in [-0.1, -0.05) is 18.2 Å². The van der Waals surface area contributed by atoms with Crippen LogP contribution in [0, 0.1) is 22.9 Å². The predicted octanol–water partition coefficient (Wildman–Crippen LogP) is 4.36. The predicted molar refractivity (Wildman–Crippen MR) is 101 cm³/mol. The number of nitrogens with zero attached hydrogens (tertiary/aromatic N) is 3. The number of amides is 1. The summed E-state index contributed by atoms with van der Waals surface area (Å²) in [5.41, 5.74) is 2.65. The molecule has 1 N–H and O–H groups in total. The molecule has 1 aliphatic carbocycles. The number of benzene rings is 2. The van der Waals surface area contributed by atoms with Crippen molar-refractivity contribution in [2.45, 2.75) is 25.7 Å². The molecular weight excluding hydrogens is 363 g/mol. The molecule has 1 aromatic heterocycles. The molecule has 7 nitrogen and oxygen atoms in total. The van der Waals surface area contributed by atoms with Crippen molar-refractivity contribution in [1.82, 2.24) is 9.78 Å². The summed E-state index contributed by atoms with van der Waals surface area (Å²) in [6, 6.07) is 11.0. The van der Waals surface area contributed by atoms with Gasteiger partial charge in [-0.3, -0.25) is 14.9 Å². The van der Waals surface area contributed by atoms with Crippen molar-refractivity contribution in [3.8, 4) is 5.69 Å². The van der Waals surface area contributed by atoms with Crippen molar-refractivity contribution < 1.29 is 14.1 Å². The highest BCUT2D eigenvalue weighted by molar-refractivity contribution is 6.05. The van der Waals surface area contributed by atoms with E-state index in [2.05, 4.69) is 10.4 Å². The first-order valence-electron chi connectivity index (χ1n) is 8.85. The molecule has 1 saturated carbocycles. The Morgan fingerprint density at radius 2 is 2.04 bits per heavy atom. The van der Waals surface area contributed by atoms with Gasteiger partial charge in [-0.05, 0) is 43.5 Å². The average Bonchev–Trinajstić information content (AvgIpc) is 3.41. The fraction of sp³-hybridized carbons (Fsp3) is 0.200. The van der Waals surface area contributed by atoms with Crippen LogP contribution in [0.1, 0.15) is 40.4 Å². The maximum Gasteiger partial charge on any atom is 0.306 e. The Hall–Kier alpha value is -3.55. The number of hydrogen-bond donors (Lipinski definition) is 1. The Morgan fingerprint density at radius 3 is 2.71 bits per heavy atom. The number of nitrogens with one attached hydrogen (secondary N) is 1. The van der Waals surface area contributed by atoms with Gasteiger partial charge in [0.25, 0.3) is 5.91 Å². The minimum Gasteiger partial charge on any atom is -0.322 e. The molecular formula is C20H17FN4O3. The first-order chi connectivity index (χ1) is 13.5. The van der Waals surface area contributed by atoms with E-state index in [9.17, 15) is 19.3 Å². The Bertz CT molecular complexity index is 1090. The van der Waals surface area contributed by atoms with Crippen molar-refractivity contribution in [1.29, 1.82) is 0 Å². The Balaban J connectivity index is 1.68. The zero-order chi connectivity index (χ0) is 19.8. The van der Waals surface area contributed by atoms with Crippen LogP contribution in [0.5, 0.6) is 0 Å². The van der Waals surface area contributed by atoms with Crippen LogP contribution in [0.15, 0.2) is 48.7 Å². The third kappa shape index (κ3) is 3.24. The second-order valence-electron chi connectivity index (χ2n) is 6.79. The zero-order valence-corrected chi connectivity index (χ0v) is 15.1. The van der Waals surface area contributed by atoms with Gasteiger partial charge in [0.05, 0.1) is 28.1 Å². The van der Waals surface area contributed by atoms with Crippen LogP contribution >= 0.6 is 0 Å². The monoisotopic (exact) mass is 380 g/mol. The van der Waals surface area contributed by atoms with E-state index < -0.39 is 22.3 Å². The fourth-order valence-electron chi connectivity index (χ4n) is 3.20. The van der Waals surface area contributed by atoms with Gasteiger partial charge in [0, 0.05) is 17.7 Å². The smallest absolute Gasteiger partial charge is 0.306 e. The number of rotatable bonds is 5. The summed E-state index contributed by atoms with van der Waals surface area (Å²) < 4.78 is 15.3. The molecule has 8 heteroatoms. The highest BCUT2D eigenvalue weighted by Crippen LogP contribution is 2.43. The highest BCUT2D eigenvalue weighted by Gasteiger charge is 2.33. The van der Waals surface area contributed by atoms with Crippen molar-refractivity contribution in [2.75, 3.05) is 5.32 Å². The van der Waals surface area contributed by atoms with Crippen molar-refractivity contribution in [2.24, 2.45) is 0 Å². The Kier molecular flexibility index (Phi) is 4.38. The van der Waals surface area contributed by atoms with Crippen LogP contribution in [-0.4, -0.2) is 20.6 Å². The molecule has 0 saturated heterocycles. The third-order valence-electron chi connectivity index (χ3n) is 4.76. The van der Waals surface area contributed by atoms with Gasteiger partial charge in [0.15, 0.2) is 0 Å². The maximum atomic E-state index is 13.5. The fourth-order valence-corrected chi connectivity index (χ4v) is 3.20. The molecule has 0 spiro atoms. The number of anilines is 1. The van der Waals surface area contributed by atoms with E-state index in [0.717, 1.165) is 41.9 Å². The van der Waals surface area contributed by atoms with Crippen LogP contribution in [0.25, 0.3) is 5.69 Å². The summed E-state index contributed by atoms with van der Waals surface area (Å²) in [6.07, 6.45) is 3.45. The zero-order valence-electron chi connectivity index (χ0n) is 15.1. The van der Waals surface area contributed by atoms with E-state index in [1.54, 1.807) is 4.68 Å². The van der Waals surface area contributed by atoms with Crippen LogP contribution in [0.4, 0.5) is 15.8 Å². The number of nitro groups is 1. The number of nitro benzene ring substituents is 1. The minimum absolute atomic E-state index is 0.156. The molecule has 1 aliphatic rings. The number of carbonyl (C=O) groups is 1. The van der Waals surface area contributed by atoms with E-state index in [0.29, 0.717) is 5.56 Å². The molecule has 3 aromatic rings. The second kappa shape index (κ2) is 6.88. The highest BCUT2D eigenvalue weighted by atomic mass is 19.1. The lowest BCUT2D eigenvalue weighted by Gasteiger charge is -2.11. The molecule has 4 rings (SSSR count). The van der Waals surface area contributed by atoms with E-state index in [1.165, 1.54) is 12.3 Å². The molecule has 28 heavy (non-hydrogen) atoms. The summed E-state index contributed by atoms with van der Waals surface area (Å²) in [5.74, 6) is -1.14. The second-order valence-corrected chi connectivity index (χ2v) is 6.79. The number of para-hydroxylation sites is 1. The van der Waals surface area contributed by atoms with E-state index >= 15 is 0 Å². The van der Waals surface area contributed by atoms with E-state index in [-0.39, 0.29) is 11.6 Å². The first kappa shape index (κ1) is 17.8. The lowest BCUT2D eigenvalue weighted by atomic mass is 10.1. The molecule has 2 aromatic carbocycles. The summed E-state index contributed by atoms with van der Waals surface area (Å²) in [7, 11) is 0. The van der Waals surface area contributed by atoms with Crippen molar-refractivity contribution >= 4 is 17.3 Å². The number of carbonyl (C=O) groups excluding carboxylic acids is 1. The molecule has 1 amide bonds. The molecule has 1 heterocycles. The van der Waals surface area contributed by atoms with Gasteiger partial charge >= 0.3 is 5.69 Å². The summed E-state index contributed by atoms with van der Waals surface area (Å²) in [5, 5.41) is 18.0. The van der Waals surface area contributed by atoms with E-state index in [4.69, 9.17) is 0 Å². The lowest BCUT2D eigenvalue weighted by molar-refractivity contribution is -0.387. The number of aryl methyl sites for hydroxylation is 1. The molecule has 1 fully saturated rings. The van der Waals surface area contributed by atoms with Crippen LogP contribution < -0.4 is 5.32 Å². The quantitative estimate of drug-likeness (QED) is 0.526. The lowest BCUT2D eigenvalue weighted by Crippen LogP contribution is -2.14. The Labute approximate surface area is 160 Å². The van der Waals surface area contributed by atoms with Crippen molar-refractivity contribution in [3.63, 3.8) is 0 Å². The number of aromatic nitrogens is 2. The number of halogens is 1. The largest absolute Gasteiger partial charge is 0.322 e. The molecule has 142 valence electrons. The minimum atomic E-state index is -0.950. The molecule has 0 atom stereocenters. The standard InChI is InChI=1S/C20H17FN4O3/c1-12-4-2-3-5-17(12)24-19(13-6-7-13)15(11-22-24)20(26)23-14-8-9-16(21)18(10-14)25(27)28/h2-5,8-11,13H,6-7H2,1H3,(H,23,26).